The quantitative estimate of drug-likeness (QED) is 0.664. The van der Waals surface area contributed by atoms with Crippen LogP contribution in [-0.2, 0) is 4.74 Å². The summed E-state index contributed by atoms with van der Waals surface area (Å²) in [6.07, 6.45) is 8.22. The van der Waals surface area contributed by atoms with Gasteiger partial charge in [0.25, 0.3) is 0 Å². The maximum absolute atomic E-state index is 5.32. The zero-order valence-electron chi connectivity index (χ0n) is 11.7. The molecule has 1 unspecified atom stereocenters. The maximum atomic E-state index is 5.32. The van der Waals surface area contributed by atoms with E-state index in [0.29, 0.717) is 6.04 Å². The molecule has 4 nitrogen and oxygen atoms in total. The van der Waals surface area contributed by atoms with Crippen LogP contribution in [0.3, 0.4) is 0 Å². The minimum absolute atomic E-state index is 0.525. The average molecular weight is 271 g/mol. The van der Waals surface area contributed by atoms with Crippen molar-refractivity contribution in [1.82, 2.24) is 9.55 Å². The second-order valence-corrected chi connectivity index (χ2v) is 5.06. The number of anilines is 1. The van der Waals surface area contributed by atoms with E-state index >= 15 is 0 Å². The van der Waals surface area contributed by atoms with E-state index in [4.69, 9.17) is 4.74 Å². The van der Waals surface area contributed by atoms with Crippen LogP contribution in [0.25, 0.3) is 0 Å². The van der Waals surface area contributed by atoms with Gasteiger partial charge < -0.3 is 14.6 Å². The minimum atomic E-state index is 0.525. The van der Waals surface area contributed by atoms with E-state index in [2.05, 4.69) is 34.2 Å². The van der Waals surface area contributed by atoms with Crippen LogP contribution in [0.4, 0.5) is 5.95 Å². The number of rotatable bonds is 10. The lowest BCUT2D eigenvalue weighted by atomic mass is 10.2. The summed E-state index contributed by atoms with van der Waals surface area (Å²) in [7, 11) is 0. The fourth-order valence-electron chi connectivity index (χ4n) is 1.85. The number of nitrogens with one attached hydrogen (secondary N) is 1. The lowest BCUT2D eigenvalue weighted by Gasteiger charge is -2.18. The Hall–Kier alpha value is -0.680. The molecule has 0 saturated heterocycles. The van der Waals surface area contributed by atoms with Gasteiger partial charge in [-0.3, -0.25) is 0 Å². The van der Waals surface area contributed by atoms with Crippen LogP contribution < -0.4 is 5.32 Å². The zero-order valence-corrected chi connectivity index (χ0v) is 12.5. The zero-order chi connectivity index (χ0) is 13.2. The van der Waals surface area contributed by atoms with Crippen LogP contribution in [0.1, 0.15) is 32.7 Å². The van der Waals surface area contributed by atoms with Gasteiger partial charge in [-0.1, -0.05) is 6.92 Å². The summed E-state index contributed by atoms with van der Waals surface area (Å²) in [6, 6.07) is 0.525. The molecule has 1 aromatic rings. The molecule has 0 aliphatic carbocycles. The molecule has 0 spiro atoms. The number of hydrogen-bond acceptors (Lipinski definition) is 4. The van der Waals surface area contributed by atoms with Gasteiger partial charge in [-0.05, 0) is 26.0 Å². The Morgan fingerprint density at radius 3 is 3.00 bits per heavy atom. The molecular formula is C13H25N3OS. The van der Waals surface area contributed by atoms with Crippen LogP contribution in [0, 0.1) is 0 Å². The summed E-state index contributed by atoms with van der Waals surface area (Å²) in [6.45, 7) is 6.76. The molecule has 0 fully saturated rings. The van der Waals surface area contributed by atoms with Crippen LogP contribution >= 0.6 is 11.8 Å². The topological polar surface area (TPSA) is 39.1 Å². The molecule has 0 aliphatic rings. The Kier molecular flexibility index (Phi) is 7.93. The van der Waals surface area contributed by atoms with Gasteiger partial charge in [0.1, 0.15) is 0 Å². The van der Waals surface area contributed by atoms with Crippen molar-refractivity contribution in [3.8, 4) is 0 Å². The fourth-order valence-corrected chi connectivity index (χ4v) is 2.63. The van der Waals surface area contributed by atoms with Crippen LogP contribution in [0.5, 0.6) is 0 Å². The highest BCUT2D eigenvalue weighted by Crippen LogP contribution is 2.20. The molecule has 0 radical (unpaired) electrons. The molecular weight excluding hydrogens is 246 g/mol. The van der Waals surface area contributed by atoms with Gasteiger partial charge >= 0.3 is 0 Å². The molecule has 5 heteroatoms. The molecule has 0 amide bonds. The molecule has 18 heavy (non-hydrogen) atoms. The normalized spacial score (nSPS) is 12.6. The molecule has 1 rings (SSSR count). The third-order valence-corrected chi connectivity index (χ3v) is 3.56. The number of aromatic nitrogens is 2. The standard InChI is InChI=1S/C13H25N3OS/c1-4-12(11-18-3)16-9-8-15-13(16)14-7-6-10-17-5-2/h8-9,12H,4-7,10-11H2,1-3H3,(H,14,15). The molecule has 1 heterocycles. The van der Waals surface area contributed by atoms with Crippen molar-refractivity contribution >= 4 is 17.7 Å². The Morgan fingerprint density at radius 1 is 1.50 bits per heavy atom. The number of ether oxygens (including phenoxy) is 1. The van der Waals surface area contributed by atoms with Gasteiger partial charge in [-0.15, -0.1) is 0 Å². The van der Waals surface area contributed by atoms with E-state index in [1.165, 1.54) is 0 Å². The minimum Gasteiger partial charge on any atom is -0.382 e. The first-order chi connectivity index (χ1) is 8.83. The summed E-state index contributed by atoms with van der Waals surface area (Å²) in [5.41, 5.74) is 0. The number of imidazole rings is 1. The van der Waals surface area contributed by atoms with Gasteiger partial charge in [0.05, 0.1) is 0 Å². The Balaban J connectivity index is 2.43. The van der Waals surface area contributed by atoms with Crippen molar-refractivity contribution in [1.29, 1.82) is 0 Å². The number of nitrogens with zero attached hydrogens (tertiary/aromatic N) is 2. The van der Waals surface area contributed by atoms with Gasteiger partial charge in [0.15, 0.2) is 0 Å². The first-order valence-corrected chi connectivity index (χ1v) is 8.06. The molecule has 0 aliphatic heterocycles. The van der Waals surface area contributed by atoms with Crippen LogP contribution in [0.2, 0.25) is 0 Å². The van der Waals surface area contributed by atoms with Crippen molar-refractivity contribution in [3.63, 3.8) is 0 Å². The van der Waals surface area contributed by atoms with E-state index < -0.39 is 0 Å². The van der Waals surface area contributed by atoms with Gasteiger partial charge in [0, 0.05) is 43.9 Å². The number of hydrogen-bond donors (Lipinski definition) is 1. The lowest BCUT2D eigenvalue weighted by molar-refractivity contribution is 0.147. The smallest absolute Gasteiger partial charge is 0.203 e. The molecule has 104 valence electrons. The average Bonchev–Trinajstić information content (AvgIpc) is 2.84. The third kappa shape index (κ3) is 4.90. The largest absolute Gasteiger partial charge is 0.382 e. The molecule has 0 saturated carbocycles. The van der Waals surface area contributed by atoms with Crippen molar-refractivity contribution in [3.05, 3.63) is 12.4 Å². The lowest BCUT2D eigenvalue weighted by Crippen LogP contribution is -2.15. The Labute approximate surface area is 115 Å². The van der Waals surface area contributed by atoms with Crippen molar-refractivity contribution in [2.45, 2.75) is 32.7 Å². The van der Waals surface area contributed by atoms with Crippen LogP contribution in [0.15, 0.2) is 12.4 Å². The fraction of sp³-hybridized carbons (Fsp3) is 0.769. The monoisotopic (exact) mass is 271 g/mol. The van der Waals surface area contributed by atoms with E-state index in [9.17, 15) is 0 Å². The summed E-state index contributed by atoms with van der Waals surface area (Å²) in [4.78, 5) is 4.39. The number of thioether (sulfide) groups is 1. The van der Waals surface area contributed by atoms with Gasteiger partial charge in [0.2, 0.25) is 5.95 Å². The molecule has 1 aromatic heterocycles. The Morgan fingerprint density at radius 2 is 2.33 bits per heavy atom. The summed E-state index contributed by atoms with van der Waals surface area (Å²) < 4.78 is 7.57. The predicted octanol–water partition coefficient (Wildman–Crippen LogP) is 3.04. The third-order valence-electron chi connectivity index (χ3n) is 2.85. The Bertz CT molecular complexity index is 317. The predicted molar refractivity (Wildman–Crippen MR) is 79.5 cm³/mol. The second-order valence-electron chi connectivity index (χ2n) is 4.15. The highest BCUT2D eigenvalue weighted by molar-refractivity contribution is 7.98. The van der Waals surface area contributed by atoms with Crippen molar-refractivity contribution in [2.75, 3.05) is 37.1 Å². The van der Waals surface area contributed by atoms with E-state index in [1.54, 1.807) is 0 Å². The maximum Gasteiger partial charge on any atom is 0.203 e. The molecule has 0 bridgehead atoms. The first-order valence-electron chi connectivity index (χ1n) is 6.66. The summed E-state index contributed by atoms with van der Waals surface area (Å²) >= 11 is 1.88. The summed E-state index contributed by atoms with van der Waals surface area (Å²) in [5.74, 6) is 2.10. The summed E-state index contributed by atoms with van der Waals surface area (Å²) in [5, 5.41) is 3.39. The van der Waals surface area contributed by atoms with Gasteiger partial charge in [-0.2, -0.15) is 11.8 Å². The first kappa shape index (κ1) is 15.4. The second kappa shape index (κ2) is 9.28. The molecule has 0 aromatic carbocycles. The van der Waals surface area contributed by atoms with E-state index in [1.807, 2.05) is 24.9 Å². The molecule has 1 N–H and O–H groups in total. The van der Waals surface area contributed by atoms with Crippen LogP contribution in [-0.4, -0.2) is 41.3 Å². The highest BCUT2D eigenvalue weighted by Gasteiger charge is 2.11. The van der Waals surface area contributed by atoms with Crippen molar-refractivity contribution in [2.24, 2.45) is 0 Å². The SMILES string of the molecule is CCOCCCNc1nccn1C(CC)CSC. The van der Waals surface area contributed by atoms with E-state index in [-0.39, 0.29) is 0 Å². The molecule has 1 atom stereocenters. The van der Waals surface area contributed by atoms with Gasteiger partial charge in [-0.25, -0.2) is 4.98 Å². The highest BCUT2D eigenvalue weighted by atomic mass is 32.2. The van der Waals surface area contributed by atoms with Crippen molar-refractivity contribution < 1.29 is 4.74 Å². The van der Waals surface area contributed by atoms with E-state index in [0.717, 1.165) is 44.3 Å².